The zero-order valence-corrected chi connectivity index (χ0v) is 32.3. The summed E-state index contributed by atoms with van der Waals surface area (Å²) in [5, 5.41) is 2.21. The Morgan fingerprint density at radius 1 is 0.345 bits per heavy atom. The summed E-state index contributed by atoms with van der Waals surface area (Å²) < 4.78 is 6.23. The van der Waals surface area contributed by atoms with Crippen LogP contribution in [0.4, 0.5) is 0 Å². The fraction of sp³-hybridized carbons (Fsp3) is 0.0545. The van der Waals surface area contributed by atoms with Crippen LogP contribution in [0.3, 0.4) is 0 Å². The summed E-state index contributed by atoms with van der Waals surface area (Å²) in [6.45, 7) is 4.65. The molecule has 0 N–H and O–H groups in total. The van der Waals surface area contributed by atoms with Crippen LogP contribution in [-0.2, 0) is 5.41 Å². The van der Waals surface area contributed by atoms with Crippen LogP contribution >= 0.6 is 0 Å². The Balaban J connectivity index is 1.10. The molecule has 0 unspecified atom stereocenters. The highest BCUT2D eigenvalue weighted by molar-refractivity contribution is 6.06. The van der Waals surface area contributed by atoms with Gasteiger partial charge < -0.3 is 4.42 Å². The monoisotopic (exact) mass is 742 g/mol. The van der Waals surface area contributed by atoms with E-state index in [1.807, 2.05) is 30.3 Å². The molecule has 274 valence electrons. The number of para-hydroxylation sites is 1. The maximum atomic E-state index is 6.23. The molecule has 1 aliphatic carbocycles. The van der Waals surface area contributed by atoms with E-state index >= 15 is 0 Å². The van der Waals surface area contributed by atoms with E-state index in [0.717, 1.165) is 72.3 Å². The van der Waals surface area contributed by atoms with E-state index in [0.29, 0.717) is 5.82 Å². The molecule has 0 bridgehead atoms. The minimum absolute atomic E-state index is 0.124. The predicted octanol–water partition coefficient (Wildman–Crippen LogP) is 14.7. The van der Waals surface area contributed by atoms with Gasteiger partial charge in [0, 0.05) is 32.9 Å². The Morgan fingerprint density at radius 2 is 0.879 bits per heavy atom. The standard InChI is InChI=1S/C55H38N2O/c1-55(2)48-19-11-9-17-44(48)45-27-25-40(33-49(45)55)50-34-51(57-54(56-50)38-15-7-4-8-16-38)43-30-41(37-23-21-36(22-24-37)35-13-5-3-6-14-35)29-42(31-43)39-26-28-53-47(32-39)46-18-10-12-20-52(46)58-53/h3-34H,1-2H3. The van der Waals surface area contributed by atoms with Crippen LogP contribution in [0.15, 0.2) is 199 Å². The van der Waals surface area contributed by atoms with Gasteiger partial charge in [-0.15, -0.1) is 0 Å². The fourth-order valence-corrected chi connectivity index (χ4v) is 8.82. The zero-order valence-electron chi connectivity index (χ0n) is 32.3. The van der Waals surface area contributed by atoms with Crippen LogP contribution in [0.2, 0.25) is 0 Å². The third-order valence-corrected chi connectivity index (χ3v) is 11.9. The number of benzene rings is 8. The van der Waals surface area contributed by atoms with Crippen molar-refractivity contribution in [3.63, 3.8) is 0 Å². The van der Waals surface area contributed by atoms with Gasteiger partial charge in [0.25, 0.3) is 0 Å². The molecule has 2 aromatic heterocycles. The molecule has 0 saturated heterocycles. The van der Waals surface area contributed by atoms with Gasteiger partial charge in [0.05, 0.1) is 11.4 Å². The van der Waals surface area contributed by atoms with Crippen molar-refractivity contribution < 1.29 is 4.42 Å². The molecule has 2 heterocycles. The summed E-state index contributed by atoms with van der Waals surface area (Å²) in [6.07, 6.45) is 0. The minimum atomic E-state index is -0.124. The third-order valence-electron chi connectivity index (χ3n) is 11.9. The zero-order chi connectivity index (χ0) is 38.8. The second kappa shape index (κ2) is 13.4. The summed E-state index contributed by atoms with van der Waals surface area (Å²) >= 11 is 0. The summed E-state index contributed by atoms with van der Waals surface area (Å²) in [5.41, 5.74) is 18.6. The molecule has 58 heavy (non-hydrogen) atoms. The Bertz CT molecular complexity index is 3180. The van der Waals surface area contributed by atoms with Gasteiger partial charge in [0.15, 0.2) is 5.82 Å². The number of fused-ring (bicyclic) bond motifs is 6. The van der Waals surface area contributed by atoms with Gasteiger partial charge in [-0.3, -0.25) is 0 Å². The molecule has 0 spiro atoms. The number of rotatable bonds is 6. The quantitative estimate of drug-likeness (QED) is 0.170. The molecule has 1 aliphatic rings. The minimum Gasteiger partial charge on any atom is -0.456 e. The van der Waals surface area contributed by atoms with Crippen molar-refractivity contribution in [1.82, 2.24) is 9.97 Å². The Kier molecular flexibility index (Phi) is 7.84. The molecule has 0 saturated carbocycles. The van der Waals surface area contributed by atoms with Crippen LogP contribution in [0, 0.1) is 0 Å². The van der Waals surface area contributed by atoms with Crippen molar-refractivity contribution >= 4 is 21.9 Å². The number of nitrogens with zero attached hydrogens (tertiary/aromatic N) is 2. The average Bonchev–Trinajstić information content (AvgIpc) is 3.77. The molecule has 0 amide bonds. The van der Waals surface area contributed by atoms with E-state index in [4.69, 9.17) is 14.4 Å². The molecular formula is C55H38N2O. The first-order chi connectivity index (χ1) is 28.5. The van der Waals surface area contributed by atoms with E-state index in [-0.39, 0.29) is 5.41 Å². The largest absolute Gasteiger partial charge is 0.456 e. The molecule has 3 nitrogen and oxygen atoms in total. The number of hydrogen-bond acceptors (Lipinski definition) is 3. The highest BCUT2D eigenvalue weighted by atomic mass is 16.3. The first-order valence-electron chi connectivity index (χ1n) is 19.9. The Labute approximate surface area is 338 Å². The lowest BCUT2D eigenvalue weighted by Gasteiger charge is -2.22. The average molecular weight is 743 g/mol. The Morgan fingerprint density at radius 3 is 1.66 bits per heavy atom. The molecule has 0 aliphatic heterocycles. The van der Waals surface area contributed by atoms with Gasteiger partial charge in [0.1, 0.15) is 11.2 Å². The first kappa shape index (κ1) is 33.9. The second-order valence-corrected chi connectivity index (χ2v) is 15.8. The van der Waals surface area contributed by atoms with Crippen molar-refractivity contribution in [2.75, 3.05) is 0 Å². The summed E-state index contributed by atoms with van der Waals surface area (Å²) in [6, 6.07) is 69.1. The lowest BCUT2D eigenvalue weighted by Crippen LogP contribution is -2.14. The van der Waals surface area contributed by atoms with Crippen LogP contribution in [-0.4, -0.2) is 9.97 Å². The predicted molar refractivity (Wildman–Crippen MR) is 239 cm³/mol. The van der Waals surface area contributed by atoms with E-state index in [9.17, 15) is 0 Å². The van der Waals surface area contributed by atoms with Crippen molar-refractivity contribution in [2.24, 2.45) is 0 Å². The van der Waals surface area contributed by atoms with Crippen LogP contribution < -0.4 is 0 Å². The van der Waals surface area contributed by atoms with E-state index in [2.05, 4.69) is 178 Å². The smallest absolute Gasteiger partial charge is 0.160 e. The van der Waals surface area contributed by atoms with Crippen molar-refractivity contribution in [2.45, 2.75) is 19.3 Å². The number of hydrogen-bond donors (Lipinski definition) is 0. The fourth-order valence-electron chi connectivity index (χ4n) is 8.82. The van der Waals surface area contributed by atoms with Crippen LogP contribution in [0.25, 0.3) is 100 Å². The molecule has 10 aromatic rings. The SMILES string of the molecule is CC1(C)c2ccccc2-c2ccc(-c3cc(-c4cc(-c5ccc(-c6ccccc6)cc5)cc(-c5ccc6oc7ccccc7c6c5)c4)nc(-c4ccccc4)n3)cc21. The van der Waals surface area contributed by atoms with Gasteiger partial charge in [-0.2, -0.15) is 0 Å². The first-order valence-corrected chi connectivity index (χ1v) is 19.9. The number of furan rings is 1. The summed E-state index contributed by atoms with van der Waals surface area (Å²) in [7, 11) is 0. The van der Waals surface area contributed by atoms with Gasteiger partial charge in [-0.05, 0) is 104 Å². The van der Waals surface area contributed by atoms with E-state index in [1.54, 1.807) is 0 Å². The molecule has 0 radical (unpaired) electrons. The molecule has 11 rings (SSSR count). The topological polar surface area (TPSA) is 38.9 Å². The Hall–Kier alpha value is -7.36. The van der Waals surface area contributed by atoms with Gasteiger partial charge >= 0.3 is 0 Å². The van der Waals surface area contributed by atoms with Gasteiger partial charge in [0.2, 0.25) is 0 Å². The lowest BCUT2D eigenvalue weighted by molar-refractivity contribution is 0.660. The highest BCUT2D eigenvalue weighted by Gasteiger charge is 2.35. The number of aromatic nitrogens is 2. The molecule has 0 atom stereocenters. The summed E-state index contributed by atoms with van der Waals surface area (Å²) in [4.78, 5) is 10.6. The highest BCUT2D eigenvalue weighted by Crippen LogP contribution is 2.49. The van der Waals surface area contributed by atoms with Gasteiger partial charge in [-0.25, -0.2) is 9.97 Å². The van der Waals surface area contributed by atoms with E-state index < -0.39 is 0 Å². The van der Waals surface area contributed by atoms with Crippen LogP contribution in [0.1, 0.15) is 25.0 Å². The second-order valence-electron chi connectivity index (χ2n) is 15.8. The molecular weight excluding hydrogens is 705 g/mol. The van der Waals surface area contributed by atoms with E-state index in [1.165, 1.54) is 33.4 Å². The molecule has 0 fully saturated rings. The molecule has 3 heteroatoms. The summed E-state index contributed by atoms with van der Waals surface area (Å²) in [5.74, 6) is 0.696. The maximum Gasteiger partial charge on any atom is 0.160 e. The normalized spacial score (nSPS) is 12.8. The maximum absolute atomic E-state index is 6.23. The molecule has 8 aromatic carbocycles. The van der Waals surface area contributed by atoms with Crippen molar-refractivity contribution in [1.29, 1.82) is 0 Å². The lowest BCUT2D eigenvalue weighted by atomic mass is 9.82. The van der Waals surface area contributed by atoms with Crippen LogP contribution in [0.5, 0.6) is 0 Å². The van der Waals surface area contributed by atoms with Crippen molar-refractivity contribution in [3.8, 4) is 78.4 Å². The van der Waals surface area contributed by atoms with Gasteiger partial charge in [-0.1, -0.05) is 159 Å². The third kappa shape index (κ3) is 5.74. The van der Waals surface area contributed by atoms with Crippen molar-refractivity contribution in [3.05, 3.63) is 205 Å².